The third-order valence-corrected chi connectivity index (χ3v) is 3.03. The Kier molecular flexibility index (Phi) is 4.66. The molecule has 1 aromatic rings. The summed E-state index contributed by atoms with van der Waals surface area (Å²) in [4.78, 5) is 0. The molecule has 1 fully saturated rings. The summed E-state index contributed by atoms with van der Waals surface area (Å²) in [6.45, 7) is 4.03. The molecule has 19 heavy (non-hydrogen) atoms. The number of rotatable bonds is 4. The summed E-state index contributed by atoms with van der Waals surface area (Å²) in [5.74, 6) is -3.82. The zero-order valence-electron chi connectivity index (χ0n) is 10.7. The molecular formula is C13H17F3N2O. The van der Waals surface area contributed by atoms with E-state index >= 15 is 0 Å². The molecule has 1 aliphatic heterocycles. The van der Waals surface area contributed by atoms with E-state index in [4.69, 9.17) is 4.74 Å². The number of nitrogens with one attached hydrogen (secondary N) is 2. The van der Waals surface area contributed by atoms with Crippen molar-refractivity contribution in [1.29, 1.82) is 0 Å². The standard InChI is InChI=1S/C13H17F3N2O/c1-8(4-10-7-19-3-2-17-10)18-9-5-11(14)13(16)12(15)6-9/h5-6,8,10,17-18H,2-4,7H2,1H3. The van der Waals surface area contributed by atoms with Crippen LogP contribution in [0.3, 0.4) is 0 Å². The number of hydrogen-bond donors (Lipinski definition) is 2. The van der Waals surface area contributed by atoms with Crippen molar-refractivity contribution in [3.05, 3.63) is 29.6 Å². The highest BCUT2D eigenvalue weighted by molar-refractivity contribution is 5.44. The van der Waals surface area contributed by atoms with Gasteiger partial charge < -0.3 is 15.4 Å². The summed E-state index contributed by atoms with van der Waals surface area (Å²) in [5.41, 5.74) is 0.237. The summed E-state index contributed by atoms with van der Waals surface area (Å²) >= 11 is 0. The monoisotopic (exact) mass is 274 g/mol. The number of ether oxygens (including phenoxy) is 1. The highest BCUT2D eigenvalue weighted by Crippen LogP contribution is 2.19. The summed E-state index contributed by atoms with van der Waals surface area (Å²) < 4.78 is 44.3. The van der Waals surface area contributed by atoms with Gasteiger partial charge in [0.15, 0.2) is 17.5 Å². The van der Waals surface area contributed by atoms with Gasteiger partial charge in [0, 0.05) is 36.4 Å². The van der Waals surface area contributed by atoms with Crippen LogP contribution in [-0.2, 0) is 4.74 Å². The van der Waals surface area contributed by atoms with Crippen LogP contribution in [0.1, 0.15) is 13.3 Å². The molecule has 2 N–H and O–H groups in total. The zero-order chi connectivity index (χ0) is 13.8. The van der Waals surface area contributed by atoms with Crippen molar-refractivity contribution in [2.75, 3.05) is 25.1 Å². The lowest BCUT2D eigenvalue weighted by Gasteiger charge is -2.27. The van der Waals surface area contributed by atoms with Crippen LogP contribution in [0.2, 0.25) is 0 Å². The van der Waals surface area contributed by atoms with E-state index in [0.717, 1.165) is 25.1 Å². The van der Waals surface area contributed by atoms with Crippen LogP contribution in [0.5, 0.6) is 0 Å². The number of anilines is 1. The van der Waals surface area contributed by atoms with Crippen molar-refractivity contribution >= 4 is 5.69 Å². The SMILES string of the molecule is CC(CC1COCCN1)Nc1cc(F)c(F)c(F)c1. The van der Waals surface area contributed by atoms with Gasteiger partial charge in [-0.05, 0) is 13.3 Å². The fraction of sp³-hybridized carbons (Fsp3) is 0.538. The average Bonchev–Trinajstić information content (AvgIpc) is 2.37. The van der Waals surface area contributed by atoms with Gasteiger partial charge in [-0.1, -0.05) is 0 Å². The molecule has 2 unspecified atom stereocenters. The zero-order valence-corrected chi connectivity index (χ0v) is 10.7. The third kappa shape index (κ3) is 3.84. The third-order valence-electron chi connectivity index (χ3n) is 3.03. The minimum absolute atomic E-state index is 0.0107. The number of halogens is 3. The van der Waals surface area contributed by atoms with Gasteiger partial charge in [-0.2, -0.15) is 0 Å². The molecule has 1 aliphatic rings. The average molecular weight is 274 g/mol. The highest BCUT2D eigenvalue weighted by atomic mass is 19.2. The molecule has 0 spiro atoms. The Morgan fingerprint density at radius 1 is 1.37 bits per heavy atom. The minimum Gasteiger partial charge on any atom is -0.382 e. The summed E-state index contributed by atoms with van der Waals surface area (Å²) in [5, 5.41) is 6.25. The molecule has 0 aromatic heterocycles. The normalized spacial score (nSPS) is 21.2. The topological polar surface area (TPSA) is 33.3 Å². The van der Waals surface area contributed by atoms with E-state index in [2.05, 4.69) is 10.6 Å². The van der Waals surface area contributed by atoms with E-state index in [0.29, 0.717) is 13.2 Å². The maximum atomic E-state index is 13.1. The number of hydrogen-bond acceptors (Lipinski definition) is 3. The number of morpholine rings is 1. The molecule has 1 saturated heterocycles. The van der Waals surface area contributed by atoms with Crippen molar-refractivity contribution in [1.82, 2.24) is 5.32 Å². The van der Waals surface area contributed by atoms with E-state index in [1.54, 1.807) is 0 Å². The maximum Gasteiger partial charge on any atom is 0.194 e. The fourth-order valence-electron chi connectivity index (χ4n) is 2.18. The summed E-state index contributed by atoms with van der Waals surface area (Å²) in [7, 11) is 0. The van der Waals surface area contributed by atoms with E-state index in [9.17, 15) is 13.2 Å². The van der Waals surface area contributed by atoms with Crippen LogP contribution in [-0.4, -0.2) is 31.8 Å². The Morgan fingerprint density at radius 3 is 2.63 bits per heavy atom. The van der Waals surface area contributed by atoms with Crippen molar-refractivity contribution in [2.24, 2.45) is 0 Å². The second-order valence-electron chi connectivity index (χ2n) is 4.76. The first-order valence-electron chi connectivity index (χ1n) is 6.28. The van der Waals surface area contributed by atoms with Gasteiger partial charge in [0.1, 0.15) is 0 Å². The van der Waals surface area contributed by atoms with Crippen LogP contribution >= 0.6 is 0 Å². The first-order valence-corrected chi connectivity index (χ1v) is 6.28. The molecule has 106 valence electrons. The van der Waals surface area contributed by atoms with Crippen LogP contribution in [0, 0.1) is 17.5 Å². The van der Waals surface area contributed by atoms with E-state index < -0.39 is 17.5 Å². The minimum atomic E-state index is -1.44. The smallest absolute Gasteiger partial charge is 0.194 e. The van der Waals surface area contributed by atoms with Crippen LogP contribution < -0.4 is 10.6 Å². The lowest BCUT2D eigenvalue weighted by atomic mass is 10.1. The second kappa shape index (κ2) is 6.25. The first kappa shape index (κ1) is 14.1. The van der Waals surface area contributed by atoms with E-state index in [1.807, 2.05) is 6.92 Å². The molecule has 0 aliphatic carbocycles. The molecule has 1 heterocycles. The molecule has 1 aromatic carbocycles. The molecule has 2 rings (SSSR count). The van der Waals surface area contributed by atoms with Crippen LogP contribution in [0.15, 0.2) is 12.1 Å². The molecule has 0 radical (unpaired) electrons. The fourth-order valence-corrected chi connectivity index (χ4v) is 2.18. The van der Waals surface area contributed by atoms with E-state index in [-0.39, 0.29) is 17.8 Å². The summed E-state index contributed by atoms with van der Waals surface area (Å²) in [6, 6.07) is 2.12. The molecule has 2 atom stereocenters. The molecular weight excluding hydrogens is 257 g/mol. The van der Waals surface area contributed by atoms with Gasteiger partial charge in [0.2, 0.25) is 0 Å². The van der Waals surface area contributed by atoms with Gasteiger partial charge in [0.25, 0.3) is 0 Å². The van der Waals surface area contributed by atoms with Crippen molar-refractivity contribution in [3.8, 4) is 0 Å². The van der Waals surface area contributed by atoms with Crippen molar-refractivity contribution < 1.29 is 17.9 Å². The largest absolute Gasteiger partial charge is 0.382 e. The van der Waals surface area contributed by atoms with E-state index in [1.165, 1.54) is 0 Å². The Labute approximate surface area is 110 Å². The van der Waals surface area contributed by atoms with Crippen LogP contribution in [0.4, 0.5) is 18.9 Å². The summed E-state index contributed by atoms with van der Waals surface area (Å²) in [6.07, 6.45) is 0.751. The molecule has 0 amide bonds. The van der Waals surface area contributed by atoms with Gasteiger partial charge in [-0.25, -0.2) is 13.2 Å². The van der Waals surface area contributed by atoms with Gasteiger partial charge in [-0.15, -0.1) is 0 Å². The first-order chi connectivity index (χ1) is 9.06. The Balaban J connectivity index is 1.92. The predicted octanol–water partition coefficient (Wildman–Crippen LogP) is 2.28. The van der Waals surface area contributed by atoms with Crippen LogP contribution in [0.25, 0.3) is 0 Å². The van der Waals surface area contributed by atoms with Gasteiger partial charge >= 0.3 is 0 Å². The van der Waals surface area contributed by atoms with Crippen molar-refractivity contribution in [3.63, 3.8) is 0 Å². The number of benzene rings is 1. The molecule has 3 nitrogen and oxygen atoms in total. The lowest BCUT2D eigenvalue weighted by Crippen LogP contribution is -2.43. The Hall–Kier alpha value is -1.27. The highest BCUT2D eigenvalue weighted by Gasteiger charge is 2.17. The second-order valence-corrected chi connectivity index (χ2v) is 4.76. The van der Waals surface area contributed by atoms with Gasteiger partial charge in [0.05, 0.1) is 13.2 Å². The lowest BCUT2D eigenvalue weighted by molar-refractivity contribution is 0.0731. The van der Waals surface area contributed by atoms with Gasteiger partial charge in [-0.3, -0.25) is 0 Å². The molecule has 0 bridgehead atoms. The molecule has 0 saturated carbocycles. The molecule has 6 heteroatoms. The Morgan fingerprint density at radius 2 is 2.05 bits per heavy atom. The van der Waals surface area contributed by atoms with Crippen molar-refractivity contribution in [2.45, 2.75) is 25.4 Å². The Bertz CT molecular complexity index is 413. The quantitative estimate of drug-likeness (QED) is 0.826. The predicted molar refractivity (Wildman–Crippen MR) is 66.6 cm³/mol. The maximum absolute atomic E-state index is 13.1.